The van der Waals surface area contributed by atoms with Crippen molar-refractivity contribution in [2.24, 2.45) is 0 Å². The molecule has 15 heavy (non-hydrogen) atoms. The SMILES string of the molecule is COC(=O)[14c]1[14cH][14c](Br)[14cH][14cH][14c]1NC(C)=O. The Morgan fingerprint density at radius 3 is 2.60 bits per heavy atom. The fraction of sp³-hybridized carbons (Fsp3) is 0.200. The number of halogens is 1. The van der Waals surface area contributed by atoms with E-state index in [2.05, 4.69) is 26.0 Å². The van der Waals surface area contributed by atoms with Crippen molar-refractivity contribution in [3.05, 3.63) is 28.2 Å². The summed E-state index contributed by atoms with van der Waals surface area (Å²) in [5, 5.41) is 2.56. The molecule has 4 nitrogen and oxygen atoms in total. The number of esters is 1. The second kappa shape index (κ2) is 4.93. The van der Waals surface area contributed by atoms with Gasteiger partial charge in [-0.3, -0.25) is 4.79 Å². The first-order chi connectivity index (χ1) is 7.04. The third-order valence-corrected chi connectivity index (χ3v) is 2.19. The predicted octanol–water partition coefficient (Wildman–Crippen LogP) is 2.19. The molecule has 80 valence electrons. The van der Waals surface area contributed by atoms with Crippen molar-refractivity contribution in [1.29, 1.82) is 0 Å². The lowest BCUT2D eigenvalue weighted by molar-refractivity contribution is -0.114. The Morgan fingerprint density at radius 2 is 2.07 bits per heavy atom. The maximum atomic E-state index is 11.4. The number of hydrogen-bond acceptors (Lipinski definition) is 3. The lowest BCUT2D eigenvalue weighted by atomic mass is 10.8. The first kappa shape index (κ1) is 11.7. The van der Waals surface area contributed by atoms with Crippen LogP contribution in [0, 0.1) is 0 Å². The van der Waals surface area contributed by atoms with Crippen molar-refractivity contribution in [3.8, 4) is 0 Å². The van der Waals surface area contributed by atoms with Gasteiger partial charge in [0.2, 0.25) is 5.91 Å². The quantitative estimate of drug-likeness (QED) is 0.847. The zero-order valence-electron chi connectivity index (χ0n) is 8.33. The van der Waals surface area contributed by atoms with Gasteiger partial charge >= 0.3 is 5.97 Å². The number of nitrogens with one attached hydrogen (secondary N) is 1. The van der Waals surface area contributed by atoms with E-state index in [0.29, 0.717) is 11.3 Å². The van der Waals surface area contributed by atoms with E-state index in [1.165, 1.54) is 14.0 Å². The van der Waals surface area contributed by atoms with Gasteiger partial charge in [0, 0.05) is 11.4 Å². The van der Waals surface area contributed by atoms with E-state index < -0.39 is 5.97 Å². The fourth-order valence-electron chi connectivity index (χ4n) is 1.09. The summed E-state index contributed by atoms with van der Waals surface area (Å²) in [7, 11) is 1.29. The molecule has 0 aromatic heterocycles. The van der Waals surface area contributed by atoms with Crippen LogP contribution in [0.4, 0.5) is 5.69 Å². The minimum atomic E-state index is -0.486. The molecule has 0 atom stereocenters. The predicted molar refractivity (Wildman–Crippen MR) is 59.8 cm³/mol. The van der Waals surface area contributed by atoms with Crippen LogP contribution in [0.3, 0.4) is 0 Å². The van der Waals surface area contributed by atoms with Gasteiger partial charge in [-0.25, -0.2) is 4.79 Å². The van der Waals surface area contributed by atoms with Gasteiger partial charge in [0.05, 0.1) is 18.4 Å². The molecule has 0 aliphatic rings. The van der Waals surface area contributed by atoms with Gasteiger partial charge in [0.1, 0.15) is 0 Å². The summed E-state index contributed by atoms with van der Waals surface area (Å²) in [5.41, 5.74) is 0.764. The van der Waals surface area contributed by atoms with Crippen LogP contribution >= 0.6 is 15.9 Å². The number of carbonyl (C=O) groups is 2. The number of carbonyl (C=O) groups excluding carboxylic acids is 2. The molecule has 1 aromatic carbocycles. The Bertz CT molecular complexity index is 404. The highest BCUT2D eigenvalue weighted by Crippen LogP contribution is 2.21. The molecular formula is C10H10BrNO3. The van der Waals surface area contributed by atoms with Crippen LogP contribution in [0.25, 0.3) is 0 Å². The number of hydrogen-bond donors (Lipinski definition) is 1. The van der Waals surface area contributed by atoms with Gasteiger partial charge in [-0.05, 0) is 18.2 Å². The molecule has 0 unspecified atom stereocenters. The summed E-state index contributed by atoms with van der Waals surface area (Å²) < 4.78 is 5.35. The summed E-state index contributed by atoms with van der Waals surface area (Å²) in [6.07, 6.45) is 0. The zero-order valence-corrected chi connectivity index (χ0v) is 9.92. The molecule has 1 N–H and O–H groups in total. The van der Waals surface area contributed by atoms with E-state index >= 15 is 0 Å². The molecule has 0 spiro atoms. The molecule has 0 aliphatic carbocycles. The smallest absolute Gasteiger partial charge is 0.340 e. The highest BCUT2D eigenvalue weighted by atomic mass is 79.9. The number of ether oxygens (including phenoxy) is 1. The van der Waals surface area contributed by atoms with Gasteiger partial charge in [-0.15, -0.1) is 0 Å². The van der Waals surface area contributed by atoms with E-state index in [4.69, 9.17) is 0 Å². The van der Waals surface area contributed by atoms with Crippen molar-refractivity contribution in [2.45, 2.75) is 6.92 Å². The molecule has 0 heterocycles. The first-order valence-electron chi connectivity index (χ1n) is 4.20. The maximum absolute atomic E-state index is 11.4. The lowest BCUT2D eigenvalue weighted by Crippen LogP contribution is -2.11. The minimum Gasteiger partial charge on any atom is -0.465 e. The minimum absolute atomic E-state index is 0.234. The average molecular weight is 284 g/mol. The van der Waals surface area contributed by atoms with E-state index in [-0.39, 0.29) is 5.91 Å². The van der Waals surface area contributed by atoms with Crippen LogP contribution < -0.4 is 5.32 Å². The van der Waals surface area contributed by atoms with Crippen LogP contribution in [-0.2, 0) is 9.53 Å². The van der Waals surface area contributed by atoms with E-state index in [9.17, 15) is 9.59 Å². The Kier molecular flexibility index (Phi) is 3.85. The normalized spacial score (nSPS) is 9.53. The second-order valence-corrected chi connectivity index (χ2v) is 3.78. The number of anilines is 1. The number of benzene rings is 1. The topological polar surface area (TPSA) is 55.4 Å². The molecular weight excluding hydrogens is 274 g/mol. The third kappa shape index (κ3) is 3.06. The standard InChI is InChI=1S/C10H10BrNO3/c1-6(13)12-9-4-3-7(11)5-8(9)10(14)15-2/h3-5H,1-2H3,(H,12,13)/i3+2,4+2,5+2,7+2,8+2,9+2. The van der Waals surface area contributed by atoms with Gasteiger partial charge < -0.3 is 10.1 Å². The van der Waals surface area contributed by atoms with Crippen molar-refractivity contribution in [2.75, 3.05) is 12.4 Å². The molecule has 0 saturated heterocycles. The first-order valence-corrected chi connectivity index (χ1v) is 4.99. The molecule has 1 rings (SSSR count). The molecule has 0 radical (unpaired) electrons. The Balaban J connectivity index is 3.14. The van der Waals surface area contributed by atoms with Crippen LogP contribution in [0.5, 0.6) is 0 Å². The second-order valence-electron chi connectivity index (χ2n) is 2.86. The average Bonchev–Trinajstić information content (AvgIpc) is 2.19. The van der Waals surface area contributed by atoms with Gasteiger partial charge in [-0.1, -0.05) is 15.9 Å². The summed E-state index contributed by atoms with van der Waals surface area (Å²) >= 11 is 3.24. The van der Waals surface area contributed by atoms with Crippen molar-refractivity contribution in [3.63, 3.8) is 0 Å². The van der Waals surface area contributed by atoms with E-state index in [0.717, 1.165) is 4.47 Å². The molecule has 1 aromatic rings. The fourth-order valence-corrected chi connectivity index (χ4v) is 1.46. The third-order valence-electron chi connectivity index (χ3n) is 1.70. The number of methoxy groups -OCH3 is 1. The van der Waals surface area contributed by atoms with Crippen LogP contribution in [0.2, 0.25) is 0 Å². The summed E-state index contributed by atoms with van der Waals surface area (Å²) in [4.78, 5) is 22.3. The maximum Gasteiger partial charge on any atom is 0.340 e. The molecule has 0 fully saturated rings. The van der Waals surface area contributed by atoms with Crippen LogP contribution in [0.1, 0.15) is 17.3 Å². The van der Waals surface area contributed by atoms with Crippen molar-refractivity contribution >= 4 is 33.5 Å². The Morgan fingerprint density at radius 1 is 1.40 bits per heavy atom. The summed E-state index contributed by atoms with van der Waals surface area (Å²) in [6.45, 7) is 1.38. The lowest BCUT2D eigenvalue weighted by Gasteiger charge is -2.08. The zero-order chi connectivity index (χ0) is 11.4. The molecule has 1 amide bonds. The number of amides is 1. The Labute approximate surface area is 95.7 Å². The monoisotopic (exact) mass is 283 g/mol. The van der Waals surface area contributed by atoms with Gasteiger partial charge in [-0.2, -0.15) is 0 Å². The summed E-state index contributed by atoms with van der Waals surface area (Å²) in [6, 6.07) is 4.96. The molecule has 0 bridgehead atoms. The van der Waals surface area contributed by atoms with Crippen molar-refractivity contribution < 1.29 is 14.3 Å². The molecule has 0 saturated carbocycles. The summed E-state index contributed by atoms with van der Waals surface area (Å²) in [5.74, 6) is -0.720. The molecule has 5 heteroatoms. The van der Waals surface area contributed by atoms with Crippen LogP contribution in [-0.4, -0.2) is 19.0 Å². The highest BCUT2D eigenvalue weighted by Gasteiger charge is 2.12. The van der Waals surface area contributed by atoms with Gasteiger partial charge in [0.25, 0.3) is 0 Å². The largest absolute Gasteiger partial charge is 0.465 e. The van der Waals surface area contributed by atoms with Gasteiger partial charge in [0.15, 0.2) is 0 Å². The molecule has 0 aliphatic heterocycles. The Hall–Kier alpha value is -1.36. The highest BCUT2D eigenvalue weighted by molar-refractivity contribution is 9.10. The van der Waals surface area contributed by atoms with Crippen LogP contribution in [0.15, 0.2) is 22.7 Å². The van der Waals surface area contributed by atoms with Crippen molar-refractivity contribution in [1.82, 2.24) is 0 Å². The van der Waals surface area contributed by atoms with E-state index in [1.807, 2.05) is 0 Å². The number of rotatable bonds is 2. The van der Waals surface area contributed by atoms with E-state index in [1.54, 1.807) is 18.2 Å².